The zero-order chi connectivity index (χ0) is 10.6. The van der Waals surface area contributed by atoms with Gasteiger partial charge in [0, 0.05) is 12.6 Å². The van der Waals surface area contributed by atoms with Crippen molar-refractivity contribution < 1.29 is 4.79 Å². The lowest BCUT2D eigenvalue weighted by molar-refractivity contribution is 0.0923. The van der Waals surface area contributed by atoms with Crippen LogP contribution in [0.4, 0.5) is 0 Å². The minimum atomic E-state index is -0.206. The Balaban J connectivity index is 2.56. The smallest absolute Gasteiger partial charge is 0.272 e. The average molecular weight is 214 g/mol. The number of hydrogen-bond donors (Lipinski definition) is 2. The van der Waals surface area contributed by atoms with Gasteiger partial charge in [0.2, 0.25) is 0 Å². The molecule has 0 aliphatic rings. The summed E-state index contributed by atoms with van der Waals surface area (Å²) in [7, 11) is 0. The summed E-state index contributed by atoms with van der Waals surface area (Å²) in [6.45, 7) is 4.45. The van der Waals surface area contributed by atoms with E-state index in [1.54, 1.807) is 0 Å². The third-order valence-corrected chi connectivity index (χ3v) is 2.45. The van der Waals surface area contributed by atoms with Crippen molar-refractivity contribution in [2.24, 2.45) is 11.7 Å². The fourth-order valence-electron chi connectivity index (χ4n) is 1.00. The molecule has 0 aliphatic carbocycles. The van der Waals surface area contributed by atoms with E-state index in [1.807, 2.05) is 13.8 Å². The highest BCUT2D eigenvalue weighted by molar-refractivity contribution is 6.99. The van der Waals surface area contributed by atoms with Crippen LogP contribution in [0, 0.1) is 5.92 Å². The van der Waals surface area contributed by atoms with Crippen LogP contribution in [0.3, 0.4) is 0 Å². The lowest BCUT2D eigenvalue weighted by Crippen LogP contribution is -2.43. The molecule has 78 valence electrons. The van der Waals surface area contributed by atoms with Gasteiger partial charge in [0.25, 0.3) is 5.91 Å². The topological polar surface area (TPSA) is 80.9 Å². The molecule has 0 saturated heterocycles. The summed E-state index contributed by atoms with van der Waals surface area (Å²) in [5.41, 5.74) is 5.88. The molecule has 0 fully saturated rings. The predicted octanol–water partition coefficient (Wildman–Crippen LogP) is 0.251. The molecule has 0 aliphatic heterocycles. The molecule has 1 atom stereocenters. The van der Waals surface area contributed by atoms with Gasteiger partial charge in [-0.3, -0.25) is 4.79 Å². The Bertz CT molecular complexity index is 286. The highest BCUT2D eigenvalue weighted by Crippen LogP contribution is 2.02. The molecule has 5 nitrogen and oxygen atoms in total. The van der Waals surface area contributed by atoms with Crippen LogP contribution in [-0.4, -0.2) is 27.2 Å². The van der Waals surface area contributed by atoms with E-state index in [9.17, 15) is 4.79 Å². The fourth-order valence-corrected chi connectivity index (χ4v) is 1.42. The first kappa shape index (κ1) is 11.1. The van der Waals surface area contributed by atoms with Crippen LogP contribution in [0.15, 0.2) is 6.20 Å². The van der Waals surface area contributed by atoms with Gasteiger partial charge < -0.3 is 11.1 Å². The van der Waals surface area contributed by atoms with Crippen LogP contribution in [-0.2, 0) is 0 Å². The predicted molar refractivity (Wildman–Crippen MR) is 55.1 cm³/mol. The molecule has 0 aromatic carbocycles. The summed E-state index contributed by atoms with van der Waals surface area (Å²) in [6, 6.07) is -0.0100. The number of hydrogen-bond acceptors (Lipinski definition) is 5. The lowest BCUT2D eigenvalue weighted by Gasteiger charge is -2.19. The second-order valence-corrected chi connectivity index (χ2v) is 3.91. The van der Waals surface area contributed by atoms with E-state index in [2.05, 4.69) is 14.1 Å². The largest absolute Gasteiger partial charge is 0.346 e. The number of carbonyl (C=O) groups is 1. The van der Waals surface area contributed by atoms with Crippen LogP contribution in [0.1, 0.15) is 24.3 Å². The summed E-state index contributed by atoms with van der Waals surface area (Å²) in [6.07, 6.45) is 1.45. The zero-order valence-electron chi connectivity index (χ0n) is 8.23. The van der Waals surface area contributed by atoms with Gasteiger partial charge in [0.05, 0.1) is 17.9 Å². The average Bonchev–Trinajstić information content (AvgIpc) is 2.65. The van der Waals surface area contributed by atoms with Gasteiger partial charge >= 0.3 is 0 Å². The molecule has 0 radical (unpaired) electrons. The van der Waals surface area contributed by atoms with E-state index in [4.69, 9.17) is 5.73 Å². The molecule has 1 rings (SSSR count). The number of aromatic nitrogens is 2. The van der Waals surface area contributed by atoms with Crippen molar-refractivity contribution in [3.63, 3.8) is 0 Å². The third-order valence-electron chi connectivity index (χ3n) is 1.97. The molecular weight excluding hydrogens is 200 g/mol. The minimum Gasteiger partial charge on any atom is -0.346 e. The van der Waals surface area contributed by atoms with Crippen molar-refractivity contribution in [2.45, 2.75) is 19.9 Å². The summed E-state index contributed by atoms with van der Waals surface area (Å²) in [5.74, 6) is 0.110. The van der Waals surface area contributed by atoms with Gasteiger partial charge in [0.1, 0.15) is 0 Å². The van der Waals surface area contributed by atoms with Crippen LogP contribution in [0.2, 0.25) is 0 Å². The zero-order valence-corrected chi connectivity index (χ0v) is 9.04. The van der Waals surface area contributed by atoms with E-state index in [0.717, 1.165) is 11.7 Å². The minimum absolute atomic E-state index is 0.0100. The second-order valence-electron chi connectivity index (χ2n) is 3.35. The quantitative estimate of drug-likeness (QED) is 0.753. The Morgan fingerprint density at radius 2 is 2.43 bits per heavy atom. The van der Waals surface area contributed by atoms with Gasteiger partial charge in [0.15, 0.2) is 5.69 Å². The summed E-state index contributed by atoms with van der Waals surface area (Å²) in [5, 5.41) is 2.81. The molecular formula is C8H14N4OS. The maximum Gasteiger partial charge on any atom is 0.272 e. The van der Waals surface area contributed by atoms with Gasteiger partial charge in [-0.15, -0.1) is 0 Å². The van der Waals surface area contributed by atoms with Crippen LogP contribution in [0.5, 0.6) is 0 Å². The maximum absolute atomic E-state index is 11.5. The van der Waals surface area contributed by atoms with Gasteiger partial charge in [-0.1, -0.05) is 13.8 Å². The Morgan fingerprint density at radius 1 is 1.71 bits per heavy atom. The van der Waals surface area contributed by atoms with E-state index in [-0.39, 0.29) is 11.9 Å². The van der Waals surface area contributed by atoms with Gasteiger partial charge in [-0.05, 0) is 5.92 Å². The Hall–Kier alpha value is -1.01. The standard InChI is InChI=1S/C8H14N4OS/c1-5(2)6(3-9)11-8(13)7-4-10-14-12-7/h4-6H,3,9H2,1-2H3,(H,11,13). The molecule has 1 amide bonds. The molecule has 1 heterocycles. The molecule has 0 spiro atoms. The molecule has 0 saturated carbocycles. The van der Waals surface area contributed by atoms with E-state index in [0.29, 0.717) is 18.2 Å². The molecule has 6 heteroatoms. The number of nitrogens with two attached hydrogens (primary N) is 1. The maximum atomic E-state index is 11.5. The fraction of sp³-hybridized carbons (Fsp3) is 0.625. The molecule has 1 aromatic heterocycles. The molecule has 1 aromatic rings. The number of rotatable bonds is 4. The highest BCUT2D eigenvalue weighted by Gasteiger charge is 2.16. The summed E-state index contributed by atoms with van der Waals surface area (Å²) < 4.78 is 7.60. The Morgan fingerprint density at radius 3 is 2.86 bits per heavy atom. The van der Waals surface area contributed by atoms with Crippen LogP contribution in [0.25, 0.3) is 0 Å². The van der Waals surface area contributed by atoms with Crippen molar-refractivity contribution >= 4 is 17.6 Å². The van der Waals surface area contributed by atoms with Crippen LogP contribution < -0.4 is 11.1 Å². The first-order valence-corrected chi connectivity index (χ1v) is 5.16. The van der Waals surface area contributed by atoms with Crippen molar-refractivity contribution in [1.29, 1.82) is 0 Å². The first-order chi connectivity index (χ1) is 6.65. The first-order valence-electron chi connectivity index (χ1n) is 4.43. The molecule has 0 bridgehead atoms. The lowest BCUT2D eigenvalue weighted by atomic mass is 10.0. The Kier molecular flexibility index (Phi) is 3.97. The van der Waals surface area contributed by atoms with Gasteiger partial charge in [-0.25, -0.2) is 0 Å². The number of amides is 1. The van der Waals surface area contributed by atoms with Crippen molar-refractivity contribution in [2.75, 3.05) is 6.54 Å². The van der Waals surface area contributed by atoms with E-state index >= 15 is 0 Å². The number of carbonyl (C=O) groups excluding carboxylic acids is 1. The van der Waals surface area contributed by atoms with Gasteiger partial charge in [-0.2, -0.15) is 8.75 Å². The summed E-state index contributed by atoms with van der Waals surface area (Å²) in [4.78, 5) is 11.5. The third kappa shape index (κ3) is 2.74. The van der Waals surface area contributed by atoms with Crippen LogP contribution >= 0.6 is 11.7 Å². The SMILES string of the molecule is CC(C)C(CN)NC(=O)c1cnsn1. The molecule has 1 unspecified atom stereocenters. The van der Waals surface area contributed by atoms with Crippen molar-refractivity contribution in [1.82, 2.24) is 14.1 Å². The Labute approximate surface area is 87.0 Å². The van der Waals surface area contributed by atoms with Crippen molar-refractivity contribution in [3.8, 4) is 0 Å². The normalized spacial score (nSPS) is 12.9. The second kappa shape index (κ2) is 5.02. The summed E-state index contributed by atoms with van der Waals surface area (Å²) >= 11 is 1.02. The van der Waals surface area contributed by atoms with E-state index < -0.39 is 0 Å². The highest BCUT2D eigenvalue weighted by atomic mass is 32.1. The molecule has 14 heavy (non-hydrogen) atoms. The van der Waals surface area contributed by atoms with Crippen molar-refractivity contribution in [3.05, 3.63) is 11.9 Å². The molecule has 3 N–H and O–H groups in total. The number of nitrogens with one attached hydrogen (secondary N) is 1. The monoisotopic (exact) mass is 214 g/mol. The number of nitrogens with zero attached hydrogens (tertiary/aromatic N) is 2. The van der Waals surface area contributed by atoms with E-state index in [1.165, 1.54) is 6.20 Å².